The third-order valence-corrected chi connectivity index (χ3v) is 6.88. The van der Waals surface area contributed by atoms with Crippen molar-refractivity contribution in [2.24, 2.45) is 0 Å². The van der Waals surface area contributed by atoms with Gasteiger partial charge in [-0.2, -0.15) is 0 Å². The number of pyridine rings is 1. The van der Waals surface area contributed by atoms with E-state index in [-0.39, 0.29) is 26.4 Å². The quantitative estimate of drug-likeness (QED) is 0.306. The van der Waals surface area contributed by atoms with Gasteiger partial charge in [0.1, 0.15) is 16.4 Å². The van der Waals surface area contributed by atoms with Gasteiger partial charge in [-0.1, -0.05) is 23.2 Å². The fourth-order valence-electron chi connectivity index (χ4n) is 3.19. The summed E-state index contributed by atoms with van der Waals surface area (Å²) in [6.45, 7) is 0. The van der Waals surface area contributed by atoms with Crippen LogP contribution in [-0.2, 0) is 10.0 Å². The summed E-state index contributed by atoms with van der Waals surface area (Å²) in [7, 11) is -1.16. The minimum atomic E-state index is -4.19. The molecule has 4 aromatic rings. The molecule has 0 unspecified atom stereocenters. The summed E-state index contributed by atoms with van der Waals surface area (Å²) in [5.74, 6) is 0.662. The summed E-state index contributed by atoms with van der Waals surface area (Å²) in [6.07, 6.45) is 1.54. The molecule has 3 aromatic carbocycles. The number of hydrogen-bond acceptors (Lipinski definition) is 6. The molecule has 0 aliphatic rings. The molecule has 1 aromatic heterocycles. The van der Waals surface area contributed by atoms with Crippen molar-refractivity contribution < 1.29 is 27.0 Å². The van der Waals surface area contributed by atoms with Crippen molar-refractivity contribution in [2.45, 2.75) is 4.90 Å². The molecule has 0 aliphatic carbocycles. The standard InChI is InChI=1S/C23H17Cl2FN2O5S/c1-31-21-11-15-19(12-22(21)32-2)27-8-7-20(15)33-14-4-6-18(17(26)10-14)28-34(29,30)23-9-13(24)3-5-16(23)25/h3-12,28H,1-2H3. The zero-order valence-corrected chi connectivity index (χ0v) is 20.1. The largest absolute Gasteiger partial charge is 0.493 e. The van der Waals surface area contributed by atoms with Crippen LogP contribution in [0.2, 0.25) is 10.0 Å². The van der Waals surface area contributed by atoms with Gasteiger partial charge in [-0.3, -0.25) is 9.71 Å². The lowest BCUT2D eigenvalue weighted by atomic mass is 10.2. The topological polar surface area (TPSA) is 86.8 Å². The van der Waals surface area contributed by atoms with Gasteiger partial charge in [0.2, 0.25) is 0 Å². The van der Waals surface area contributed by atoms with E-state index in [9.17, 15) is 12.8 Å². The zero-order valence-electron chi connectivity index (χ0n) is 17.8. The van der Waals surface area contributed by atoms with Gasteiger partial charge in [-0.05, 0) is 42.5 Å². The Morgan fingerprint density at radius 2 is 1.65 bits per heavy atom. The Morgan fingerprint density at radius 3 is 2.35 bits per heavy atom. The highest BCUT2D eigenvalue weighted by Gasteiger charge is 2.21. The summed E-state index contributed by atoms with van der Waals surface area (Å²) in [4.78, 5) is 4.03. The van der Waals surface area contributed by atoms with Crippen molar-refractivity contribution in [3.05, 3.63) is 76.7 Å². The van der Waals surface area contributed by atoms with Crippen molar-refractivity contribution in [1.29, 1.82) is 0 Å². The van der Waals surface area contributed by atoms with Gasteiger partial charge in [-0.25, -0.2) is 12.8 Å². The number of ether oxygens (including phenoxy) is 3. The Balaban J connectivity index is 1.63. The van der Waals surface area contributed by atoms with E-state index in [1.165, 1.54) is 50.7 Å². The number of nitrogens with zero attached hydrogens (tertiary/aromatic N) is 1. The fourth-order valence-corrected chi connectivity index (χ4v) is 5.02. The zero-order chi connectivity index (χ0) is 24.5. The molecule has 34 heavy (non-hydrogen) atoms. The van der Waals surface area contributed by atoms with Gasteiger partial charge in [0.15, 0.2) is 17.3 Å². The summed E-state index contributed by atoms with van der Waals surface area (Å²) in [5.41, 5.74) is 0.299. The predicted octanol–water partition coefficient (Wildman–Crippen LogP) is 6.29. The van der Waals surface area contributed by atoms with Crippen molar-refractivity contribution in [2.75, 3.05) is 18.9 Å². The van der Waals surface area contributed by atoms with E-state index in [1.807, 2.05) is 0 Å². The van der Waals surface area contributed by atoms with Crippen LogP contribution < -0.4 is 18.9 Å². The van der Waals surface area contributed by atoms with Crippen LogP contribution in [0.5, 0.6) is 23.0 Å². The highest BCUT2D eigenvalue weighted by Crippen LogP contribution is 2.37. The Bertz CT molecular complexity index is 1500. The molecule has 176 valence electrons. The summed E-state index contributed by atoms with van der Waals surface area (Å²) >= 11 is 11.8. The Morgan fingerprint density at radius 1 is 0.912 bits per heavy atom. The normalized spacial score (nSPS) is 11.3. The van der Waals surface area contributed by atoms with Gasteiger partial charge in [-0.15, -0.1) is 0 Å². The molecule has 0 spiro atoms. The Hall–Kier alpha value is -3.27. The second-order valence-corrected chi connectivity index (χ2v) is 9.45. The molecule has 11 heteroatoms. The first-order chi connectivity index (χ1) is 16.2. The molecule has 0 fully saturated rings. The van der Waals surface area contributed by atoms with Crippen molar-refractivity contribution in [3.63, 3.8) is 0 Å². The number of halogens is 3. The van der Waals surface area contributed by atoms with Crippen LogP contribution in [0.3, 0.4) is 0 Å². The first kappa shape index (κ1) is 23.9. The maximum Gasteiger partial charge on any atom is 0.263 e. The molecule has 0 aliphatic heterocycles. The Kier molecular flexibility index (Phi) is 6.70. The van der Waals surface area contributed by atoms with Crippen molar-refractivity contribution in [3.8, 4) is 23.0 Å². The van der Waals surface area contributed by atoms with E-state index in [4.69, 9.17) is 37.4 Å². The second kappa shape index (κ2) is 9.54. The molecule has 4 rings (SSSR count). The van der Waals surface area contributed by atoms with Crippen molar-refractivity contribution in [1.82, 2.24) is 4.98 Å². The molecule has 0 saturated carbocycles. The van der Waals surface area contributed by atoms with Crippen LogP contribution in [0.4, 0.5) is 10.1 Å². The van der Waals surface area contributed by atoms with E-state index in [1.54, 1.807) is 18.2 Å². The first-order valence-electron chi connectivity index (χ1n) is 9.68. The monoisotopic (exact) mass is 522 g/mol. The van der Waals surface area contributed by atoms with Crippen LogP contribution in [0.25, 0.3) is 10.9 Å². The highest BCUT2D eigenvalue weighted by atomic mass is 35.5. The minimum Gasteiger partial charge on any atom is -0.493 e. The maximum absolute atomic E-state index is 14.8. The third kappa shape index (κ3) is 4.82. The average molecular weight is 523 g/mol. The number of fused-ring (bicyclic) bond motifs is 1. The van der Waals surface area contributed by atoms with Crippen molar-refractivity contribution >= 4 is 49.8 Å². The second-order valence-electron chi connectivity index (χ2n) is 6.96. The van der Waals surface area contributed by atoms with Crippen LogP contribution in [0.1, 0.15) is 0 Å². The Labute approximate surface area is 205 Å². The van der Waals surface area contributed by atoms with E-state index < -0.39 is 15.8 Å². The fraction of sp³-hybridized carbons (Fsp3) is 0.0870. The molecule has 1 heterocycles. The number of anilines is 1. The molecule has 0 bridgehead atoms. The first-order valence-corrected chi connectivity index (χ1v) is 11.9. The molecule has 0 amide bonds. The molecule has 1 N–H and O–H groups in total. The maximum atomic E-state index is 14.8. The van der Waals surface area contributed by atoms with Gasteiger partial charge < -0.3 is 14.2 Å². The van der Waals surface area contributed by atoms with Crippen LogP contribution >= 0.6 is 23.2 Å². The molecule has 7 nitrogen and oxygen atoms in total. The lowest BCUT2D eigenvalue weighted by Crippen LogP contribution is -2.14. The lowest BCUT2D eigenvalue weighted by molar-refractivity contribution is 0.355. The highest BCUT2D eigenvalue weighted by molar-refractivity contribution is 7.92. The van der Waals surface area contributed by atoms with E-state index in [0.717, 1.165) is 6.07 Å². The molecular formula is C23H17Cl2FN2O5S. The van der Waals surface area contributed by atoms with Crippen LogP contribution in [-0.4, -0.2) is 27.6 Å². The number of methoxy groups -OCH3 is 2. The van der Waals surface area contributed by atoms with Crippen LogP contribution in [0.15, 0.2) is 65.7 Å². The number of benzene rings is 3. The SMILES string of the molecule is COc1cc2nccc(Oc3ccc(NS(=O)(=O)c4cc(Cl)ccc4Cl)c(F)c3)c2cc1OC. The number of aromatic nitrogens is 1. The summed E-state index contributed by atoms with van der Waals surface area (Å²) in [5, 5.41) is 0.739. The summed E-state index contributed by atoms with van der Waals surface area (Å²) < 4.78 is 58.8. The van der Waals surface area contributed by atoms with Gasteiger partial charge in [0.05, 0.1) is 30.4 Å². The number of rotatable bonds is 7. The van der Waals surface area contributed by atoms with E-state index >= 15 is 0 Å². The summed E-state index contributed by atoms with van der Waals surface area (Å²) in [6, 6.07) is 12.7. The number of sulfonamides is 1. The molecule has 0 atom stereocenters. The number of nitrogens with one attached hydrogen (secondary N) is 1. The van der Waals surface area contributed by atoms with Gasteiger partial charge >= 0.3 is 0 Å². The van der Waals surface area contributed by atoms with E-state index in [2.05, 4.69) is 9.71 Å². The lowest BCUT2D eigenvalue weighted by Gasteiger charge is -2.14. The molecule has 0 saturated heterocycles. The van der Waals surface area contributed by atoms with E-state index in [0.29, 0.717) is 28.2 Å². The predicted molar refractivity (Wildman–Crippen MR) is 129 cm³/mol. The third-order valence-electron chi connectivity index (χ3n) is 4.80. The van der Waals surface area contributed by atoms with Gasteiger partial charge in [0.25, 0.3) is 10.0 Å². The van der Waals surface area contributed by atoms with Gasteiger partial charge in [0, 0.05) is 28.7 Å². The average Bonchev–Trinajstić information content (AvgIpc) is 2.81. The minimum absolute atomic E-state index is 0.0473. The van der Waals surface area contributed by atoms with Crippen LogP contribution in [0, 0.1) is 5.82 Å². The molecule has 0 radical (unpaired) electrons. The number of hydrogen-bond donors (Lipinski definition) is 1. The smallest absolute Gasteiger partial charge is 0.263 e. The molecular weight excluding hydrogens is 506 g/mol.